The molecule has 1 aromatic heterocycles. The molecule has 0 saturated carbocycles. The monoisotopic (exact) mass is 366 g/mol. The van der Waals surface area contributed by atoms with Crippen LogP contribution in [0.3, 0.4) is 0 Å². The van der Waals surface area contributed by atoms with Crippen LogP contribution >= 0.6 is 0 Å². The van der Waals surface area contributed by atoms with Crippen molar-refractivity contribution < 1.29 is 19.0 Å². The molecule has 27 heavy (non-hydrogen) atoms. The van der Waals surface area contributed by atoms with Gasteiger partial charge in [-0.25, -0.2) is 0 Å². The number of ether oxygens (including phenoxy) is 3. The Morgan fingerprint density at radius 3 is 2.85 bits per heavy atom. The van der Waals surface area contributed by atoms with Crippen LogP contribution in [0.4, 0.5) is 0 Å². The molecule has 0 radical (unpaired) electrons. The van der Waals surface area contributed by atoms with Gasteiger partial charge in [0.1, 0.15) is 6.61 Å². The van der Waals surface area contributed by atoms with Gasteiger partial charge in [-0.05, 0) is 42.3 Å². The lowest BCUT2D eigenvalue weighted by Crippen LogP contribution is -2.40. The predicted octanol–water partition coefficient (Wildman–Crippen LogP) is 2.09. The number of carbonyl (C=O) groups is 1. The average molecular weight is 366 g/mol. The Labute approximate surface area is 158 Å². The van der Waals surface area contributed by atoms with Gasteiger partial charge in [0, 0.05) is 23.9 Å². The van der Waals surface area contributed by atoms with Crippen LogP contribution in [0.15, 0.2) is 42.7 Å². The second-order valence-corrected chi connectivity index (χ2v) is 6.30. The minimum absolute atomic E-state index is 0.0529. The Bertz CT molecular complexity index is 817. The average Bonchev–Trinajstić information content (AvgIpc) is 3.13. The number of terminal acetylenes is 1. The number of rotatable bonds is 7. The minimum Gasteiger partial charge on any atom is -0.493 e. The molecule has 6 heteroatoms. The Hall–Kier alpha value is -3.04. The Kier molecular flexibility index (Phi) is 6.29. The third-order valence-electron chi connectivity index (χ3n) is 4.50. The number of nitrogens with zero attached hydrogens (tertiary/aromatic N) is 1. The predicted molar refractivity (Wildman–Crippen MR) is 101 cm³/mol. The van der Waals surface area contributed by atoms with Gasteiger partial charge < -0.3 is 19.5 Å². The van der Waals surface area contributed by atoms with Gasteiger partial charge in [0.25, 0.3) is 5.91 Å². The first-order valence-electron chi connectivity index (χ1n) is 8.73. The summed E-state index contributed by atoms with van der Waals surface area (Å²) in [6.45, 7) is 1.22. The van der Waals surface area contributed by atoms with Crippen LogP contribution in [0.1, 0.15) is 15.9 Å². The van der Waals surface area contributed by atoms with Crippen LogP contribution in [0, 0.1) is 18.3 Å². The summed E-state index contributed by atoms with van der Waals surface area (Å²) >= 11 is 0. The van der Waals surface area contributed by atoms with Crippen molar-refractivity contribution in [3.63, 3.8) is 0 Å². The zero-order chi connectivity index (χ0) is 19.1. The van der Waals surface area contributed by atoms with Gasteiger partial charge in [-0.3, -0.25) is 9.78 Å². The number of aromatic nitrogens is 1. The maximum absolute atomic E-state index is 12.7. The van der Waals surface area contributed by atoms with Crippen molar-refractivity contribution in [2.24, 2.45) is 5.92 Å². The van der Waals surface area contributed by atoms with Crippen molar-refractivity contribution in [2.75, 3.05) is 26.9 Å². The summed E-state index contributed by atoms with van der Waals surface area (Å²) < 4.78 is 16.3. The number of hydrogen-bond acceptors (Lipinski definition) is 5. The SMILES string of the molecule is C#CCOc1cc(C(=O)N[C@H]2COC[C@H]2Cc2ccncc2)ccc1OC. The molecule has 140 valence electrons. The normalized spacial score (nSPS) is 18.5. The van der Waals surface area contributed by atoms with E-state index in [0.29, 0.717) is 30.3 Å². The quantitative estimate of drug-likeness (QED) is 0.760. The second kappa shape index (κ2) is 9.06. The van der Waals surface area contributed by atoms with Gasteiger partial charge in [0.15, 0.2) is 11.5 Å². The Balaban J connectivity index is 1.68. The molecular formula is C21H22N2O4. The van der Waals surface area contributed by atoms with E-state index in [-0.39, 0.29) is 24.5 Å². The molecule has 1 aliphatic heterocycles. The molecule has 2 atom stereocenters. The van der Waals surface area contributed by atoms with Gasteiger partial charge in [-0.2, -0.15) is 0 Å². The van der Waals surface area contributed by atoms with E-state index in [4.69, 9.17) is 20.6 Å². The van der Waals surface area contributed by atoms with Crippen LogP contribution in [0.2, 0.25) is 0 Å². The van der Waals surface area contributed by atoms with E-state index < -0.39 is 0 Å². The summed E-state index contributed by atoms with van der Waals surface area (Å²) in [5.74, 6) is 3.41. The molecule has 1 aromatic carbocycles. The Morgan fingerprint density at radius 2 is 2.11 bits per heavy atom. The molecule has 1 saturated heterocycles. The van der Waals surface area contributed by atoms with Crippen LogP contribution in [0.25, 0.3) is 0 Å². The Morgan fingerprint density at radius 1 is 1.30 bits per heavy atom. The molecule has 1 aliphatic rings. The number of amides is 1. The summed E-state index contributed by atoms with van der Waals surface area (Å²) in [5.41, 5.74) is 1.66. The molecule has 0 spiro atoms. The lowest BCUT2D eigenvalue weighted by molar-refractivity contribution is 0.0924. The van der Waals surface area contributed by atoms with Crippen LogP contribution < -0.4 is 14.8 Å². The van der Waals surface area contributed by atoms with Gasteiger partial charge in [-0.15, -0.1) is 6.42 Å². The van der Waals surface area contributed by atoms with Crippen LogP contribution in [-0.2, 0) is 11.2 Å². The van der Waals surface area contributed by atoms with Gasteiger partial charge in [-0.1, -0.05) is 5.92 Å². The zero-order valence-corrected chi connectivity index (χ0v) is 15.2. The van der Waals surface area contributed by atoms with E-state index in [0.717, 1.165) is 6.42 Å². The highest BCUT2D eigenvalue weighted by Gasteiger charge is 2.30. The van der Waals surface area contributed by atoms with Crippen molar-refractivity contribution in [2.45, 2.75) is 12.5 Å². The second-order valence-electron chi connectivity index (χ2n) is 6.30. The molecule has 1 amide bonds. The third kappa shape index (κ3) is 4.78. The first kappa shape index (κ1) is 18.7. The van der Waals surface area contributed by atoms with Gasteiger partial charge in [0.2, 0.25) is 0 Å². The van der Waals surface area contributed by atoms with E-state index in [1.165, 1.54) is 12.7 Å². The summed E-state index contributed by atoms with van der Waals surface area (Å²) in [6.07, 6.45) is 9.61. The van der Waals surface area contributed by atoms with Crippen molar-refractivity contribution in [1.82, 2.24) is 10.3 Å². The van der Waals surface area contributed by atoms with E-state index >= 15 is 0 Å². The smallest absolute Gasteiger partial charge is 0.251 e. The number of nitrogens with one attached hydrogen (secondary N) is 1. The maximum Gasteiger partial charge on any atom is 0.251 e. The fourth-order valence-corrected chi connectivity index (χ4v) is 3.08. The number of hydrogen-bond donors (Lipinski definition) is 1. The number of carbonyl (C=O) groups excluding carboxylic acids is 1. The lowest BCUT2D eigenvalue weighted by atomic mass is 9.95. The van der Waals surface area contributed by atoms with E-state index in [1.807, 2.05) is 12.1 Å². The van der Waals surface area contributed by atoms with Crippen molar-refractivity contribution in [3.8, 4) is 23.8 Å². The fraction of sp³-hybridized carbons (Fsp3) is 0.333. The summed E-state index contributed by atoms with van der Waals surface area (Å²) in [7, 11) is 1.54. The molecule has 0 bridgehead atoms. The summed E-state index contributed by atoms with van der Waals surface area (Å²) in [5, 5.41) is 3.07. The molecule has 0 aliphatic carbocycles. The third-order valence-corrected chi connectivity index (χ3v) is 4.50. The highest BCUT2D eigenvalue weighted by Crippen LogP contribution is 2.28. The van der Waals surface area contributed by atoms with Gasteiger partial charge in [0.05, 0.1) is 26.4 Å². The van der Waals surface area contributed by atoms with Crippen LogP contribution in [-0.4, -0.2) is 43.9 Å². The lowest BCUT2D eigenvalue weighted by Gasteiger charge is -2.19. The number of benzene rings is 1. The van der Waals surface area contributed by atoms with Crippen LogP contribution in [0.5, 0.6) is 11.5 Å². The molecule has 2 aromatic rings. The number of pyridine rings is 1. The standard InChI is InChI=1S/C21H22N2O4/c1-3-10-27-20-12-16(4-5-19(20)25-2)21(24)23-18-14-26-13-17(18)11-15-6-8-22-9-7-15/h1,4-9,12,17-18H,10-11,13-14H2,2H3,(H,23,24)/t17-,18+/m1/s1. The topological polar surface area (TPSA) is 69.7 Å². The van der Waals surface area contributed by atoms with E-state index in [2.05, 4.69) is 16.2 Å². The summed E-state index contributed by atoms with van der Waals surface area (Å²) in [4.78, 5) is 16.7. The minimum atomic E-state index is -0.182. The molecular weight excluding hydrogens is 344 g/mol. The summed E-state index contributed by atoms with van der Waals surface area (Å²) in [6, 6.07) is 8.94. The first-order chi connectivity index (χ1) is 13.2. The maximum atomic E-state index is 12.7. The van der Waals surface area contributed by atoms with E-state index in [9.17, 15) is 4.79 Å². The zero-order valence-electron chi connectivity index (χ0n) is 15.2. The highest BCUT2D eigenvalue weighted by molar-refractivity contribution is 5.95. The molecule has 3 rings (SSSR count). The first-order valence-corrected chi connectivity index (χ1v) is 8.73. The molecule has 1 N–H and O–H groups in total. The highest BCUT2D eigenvalue weighted by atomic mass is 16.5. The van der Waals surface area contributed by atoms with Gasteiger partial charge >= 0.3 is 0 Å². The van der Waals surface area contributed by atoms with E-state index in [1.54, 1.807) is 30.6 Å². The molecule has 6 nitrogen and oxygen atoms in total. The molecule has 1 fully saturated rings. The number of methoxy groups -OCH3 is 1. The fourth-order valence-electron chi connectivity index (χ4n) is 3.08. The van der Waals surface area contributed by atoms with Crippen molar-refractivity contribution in [3.05, 3.63) is 53.9 Å². The molecule has 2 heterocycles. The molecule has 0 unspecified atom stereocenters. The van der Waals surface area contributed by atoms with Crippen molar-refractivity contribution in [1.29, 1.82) is 0 Å². The largest absolute Gasteiger partial charge is 0.493 e. The van der Waals surface area contributed by atoms with Crippen molar-refractivity contribution >= 4 is 5.91 Å².